The van der Waals surface area contributed by atoms with E-state index in [0.717, 1.165) is 12.0 Å². The van der Waals surface area contributed by atoms with E-state index >= 15 is 0 Å². The van der Waals surface area contributed by atoms with E-state index in [0.29, 0.717) is 11.7 Å². The number of amides is 2. The number of phenols is 1. The van der Waals surface area contributed by atoms with Gasteiger partial charge in [-0.2, -0.15) is 0 Å². The SMILES string of the molecule is CCC(C)c1ccccc1OCC(=O)NNC(=O)c1ccccc1O. The van der Waals surface area contributed by atoms with Gasteiger partial charge in [0.25, 0.3) is 11.8 Å². The number of phenolic OH excluding ortho intramolecular Hbond substituents is 1. The molecule has 1 atom stereocenters. The normalized spacial score (nSPS) is 11.4. The van der Waals surface area contributed by atoms with Crippen molar-refractivity contribution < 1.29 is 19.4 Å². The summed E-state index contributed by atoms with van der Waals surface area (Å²) in [6.45, 7) is 3.95. The second-order valence-corrected chi connectivity index (χ2v) is 5.66. The highest BCUT2D eigenvalue weighted by Crippen LogP contribution is 2.28. The Bertz CT molecular complexity index is 746. The number of nitrogens with one attached hydrogen (secondary N) is 2. The number of carbonyl (C=O) groups is 2. The van der Waals surface area contributed by atoms with E-state index < -0.39 is 11.8 Å². The van der Waals surface area contributed by atoms with Crippen LogP contribution in [0.3, 0.4) is 0 Å². The minimum absolute atomic E-state index is 0.0748. The molecule has 0 radical (unpaired) electrons. The second kappa shape index (κ2) is 8.73. The first kappa shape index (κ1) is 18.3. The van der Waals surface area contributed by atoms with Gasteiger partial charge in [0.15, 0.2) is 6.61 Å². The summed E-state index contributed by atoms with van der Waals surface area (Å²) < 4.78 is 5.57. The molecule has 6 nitrogen and oxygen atoms in total. The summed E-state index contributed by atoms with van der Waals surface area (Å²) in [6, 6.07) is 13.6. The lowest BCUT2D eigenvalue weighted by molar-refractivity contribution is -0.123. The number of hydrogen-bond acceptors (Lipinski definition) is 4. The van der Waals surface area contributed by atoms with E-state index in [1.54, 1.807) is 12.1 Å². The van der Waals surface area contributed by atoms with Crippen LogP contribution in [0.4, 0.5) is 0 Å². The third-order valence-electron chi connectivity index (χ3n) is 3.89. The first-order chi connectivity index (χ1) is 12.0. The fourth-order valence-electron chi connectivity index (χ4n) is 2.28. The molecule has 0 bridgehead atoms. The standard InChI is InChI=1S/C19H22N2O4/c1-3-13(2)14-8-5-7-11-17(14)25-12-18(23)20-21-19(24)15-9-4-6-10-16(15)22/h4-11,13,22H,3,12H2,1-2H3,(H,20,23)(H,21,24). The molecule has 0 aromatic heterocycles. The molecule has 25 heavy (non-hydrogen) atoms. The predicted octanol–water partition coefficient (Wildman–Crippen LogP) is 2.75. The molecule has 0 heterocycles. The molecule has 132 valence electrons. The van der Waals surface area contributed by atoms with Gasteiger partial charge in [0.2, 0.25) is 0 Å². The van der Waals surface area contributed by atoms with E-state index in [4.69, 9.17) is 4.74 Å². The third-order valence-corrected chi connectivity index (χ3v) is 3.89. The number of carbonyl (C=O) groups excluding carboxylic acids is 2. The van der Waals surface area contributed by atoms with Gasteiger partial charge in [0.1, 0.15) is 11.5 Å². The molecule has 0 saturated heterocycles. The van der Waals surface area contributed by atoms with Crippen molar-refractivity contribution in [3.63, 3.8) is 0 Å². The molecule has 0 aliphatic rings. The van der Waals surface area contributed by atoms with E-state index in [9.17, 15) is 14.7 Å². The zero-order valence-corrected chi connectivity index (χ0v) is 14.3. The Hall–Kier alpha value is -3.02. The highest BCUT2D eigenvalue weighted by atomic mass is 16.5. The van der Waals surface area contributed by atoms with Crippen LogP contribution in [0, 0.1) is 0 Å². The van der Waals surface area contributed by atoms with E-state index in [1.807, 2.05) is 24.3 Å². The molecule has 0 spiro atoms. The quantitative estimate of drug-likeness (QED) is 0.705. The first-order valence-electron chi connectivity index (χ1n) is 8.11. The Balaban J connectivity index is 1.88. The molecule has 6 heteroatoms. The lowest BCUT2D eigenvalue weighted by atomic mass is 9.98. The van der Waals surface area contributed by atoms with Gasteiger partial charge in [-0.25, -0.2) is 0 Å². The Morgan fingerprint density at radius 2 is 1.76 bits per heavy atom. The van der Waals surface area contributed by atoms with Crippen LogP contribution in [0.15, 0.2) is 48.5 Å². The van der Waals surface area contributed by atoms with Crippen molar-refractivity contribution in [3.8, 4) is 11.5 Å². The molecule has 2 rings (SSSR count). The van der Waals surface area contributed by atoms with Crippen LogP contribution < -0.4 is 15.6 Å². The summed E-state index contributed by atoms with van der Waals surface area (Å²) >= 11 is 0. The first-order valence-corrected chi connectivity index (χ1v) is 8.11. The van der Waals surface area contributed by atoms with Crippen molar-refractivity contribution in [2.75, 3.05) is 6.61 Å². The van der Waals surface area contributed by atoms with Crippen LogP contribution in [0.25, 0.3) is 0 Å². The zero-order valence-electron chi connectivity index (χ0n) is 14.3. The van der Waals surface area contributed by atoms with Crippen molar-refractivity contribution >= 4 is 11.8 Å². The molecule has 0 aliphatic heterocycles. The summed E-state index contributed by atoms with van der Waals surface area (Å²) in [5.74, 6) is -0.291. The van der Waals surface area contributed by atoms with E-state index in [-0.39, 0.29) is 17.9 Å². The Labute approximate surface area is 146 Å². The van der Waals surface area contributed by atoms with Crippen LogP contribution in [0.1, 0.15) is 42.1 Å². The summed E-state index contributed by atoms with van der Waals surface area (Å²) in [7, 11) is 0. The molecule has 2 aromatic rings. The number of aromatic hydroxyl groups is 1. The molecule has 0 aliphatic carbocycles. The highest BCUT2D eigenvalue weighted by Gasteiger charge is 2.13. The van der Waals surface area contributed by atoms with Crippen molar-refractivity contribution in [2.45, 2.75) is 26.2 Å². The molecule has 1 unspecified atom stereocenters. The topological polar surface area (TPSA) is 87.7 Å². The van der Waals surface area contributed by atoms with Crippen molar-refractivity contribution in [1.82, 2.24) is 10.9 Å². The van der Waals surface area contributed by atoms with Crippen molar-refractivity contribution in [3.05, 3.63) is 59.7 Å². The second-order valence-electron chi connectivity index (χ2n) is 5.66. The van der Waals surface area contributed by atoms with E-state index in [2.05, 4.69) is 24.7 Å². The Morgan fingerprint density at radius 1 is 1.08 bits per heavy atom. The third kappa shape index (κ3) is 4.97. The highest BCUT2D eigenvalue weighted by molar-refractivity contribution is 5.97. The van der Waals surface area contributed by atoms with Crippen LogP contribution in [0.5, 0.6) is 11.5 Å². The van der Waals surface area contributed by atoms with Gasteiger partial charge in [0.05, 0.1) is 5.56 Å². The average molecular weight is 342 g/mol. The summed E-state index contributed by atoms with van der Waals surface area (Å²) in [4.78, 5) is 23.8. The van der Waals surface area contributed by atoms with Crippen LogP contribution in [-0.4, -0.2) is 23.5 Å². The zero-order chi connectivity index (χ0) is 18.2. The largest absolute Gasteiger partial charge is 0.507 e. The van der Waals surface area contributed by atoms with Crippen LogP contribution in [0.2, 0.25) is 0 Å². The van der Waals surface area contributed by atoms with Gasteiger partial charge in [-0.3, -0.25) is 20.4 Å². The lowest BCUT2D eigenvalue weighted by Gasteiger charge is -2.15. The number of hydrazine groups is 1. The summed E-state index contributed by atoms with van der Waals surface area (Å²) in [5.41, 5.74) is 5.63. The minimum atomic E-state index is -0.605. The van der Waals surface area contributed by atoms with Gasteiger partial charge >= 0.3 is 0 Å². The van der Waals surface area contributed by atoms with E-state index in [1.165, 1.54) is 12.1 Å². The van der Waals surface area contributed by atoms with Crippen molar-refractivity contribution in [1.29, 1.82) is 0 Å². The molecular formula is C19H22N2O4. The maximum atomic E-state index is 11.9. The van der Waals surface area contributed by atoms with Gasteiger partial charge in [-0.1, -0.05) is 44.2 Å². The number of para-hydroxylation sites is 2. The molecule has 0 fully saturated rings. The predicted molar refractivity (Wildman–Crippen MR) is 94.4 cm³/mol. The van der Waals surface area contributed by atoms with Gasteiger partial charge in [-0.15, -0.1) is 0 Å². The smallest absolute Gasteiger partial charge is 0.276 e. The Kier molecular flexibility index (Phi) is 6.39. The fourth-order valence-corrected chi connectivity index (χ4v) is 2.28. The average Bonchev–Trinajstić information content (AvgIpc) is 2.64. The number of rotatable bonds is 6. The fraction of sp³-hybridized carbons (Fsp3) is 0.263. The minimum Gasteiger partial charge on any atom is -0.507 e. The molecule has 0 saturated carbocycles. The maximum absolute atomic E-state index is 11.9. The Morgan fingerprint density at radius 3 is 2.48 bits per heavy atom. The van der Waals surface area contributed by atoms with Gasteiger partial charge in [0, 0.05) is 0 Å². The van der Waals surface area contributed by atoms with Crippen LogP contribution >= 0.6 is 0 Å². The van der Waals surface area contributed by atoms with Gasteiger partial charge in [-0.05, 0) is 36.1 Å². The molecule has 2 aromatic carbocycles. The van der Waals surface area contributed by atoms with Crippen molar-refractivity contribution in [2.24, 2.45) is 0 Å². The molecular weight excluding hydrogens is 320 g/mol. The summed E-state index contributed by atoms with van der Waals surface area (Å²) in [6.07, 6.45) is 0.962. The number of ether oxygens (including phenoxy) is 1. The molecule has 2 amide bonds. The molecule has 3 N–H and O–H groups in total. The maximum Gasteiger partial charge on any atom is 0.276 e. The number of benzene rings is 2. The lowest BCUT2D eigenvalue weighted by Crippen LogP contribution is -2.43. The monoisotopic (exact) mass is 342 g/mol. The number of hydrogen-bond donors (Lipinski definition) is 3. The van der Waals surface area contributed by atoms with Crippen LogP contribution in [-0.2, 0) is 4.79 Å². The summed E-state index contributed by atoms with van der Waals surface area (Å²) in [5, 5.41) is 9.61. The van der Waals surface area contributed by atoms with Gasteiger partial charge < -0.3 is 9.84 Å².